The first-order valence-corrected chi connectivity index (χ1v) is 7.86. The van der Waals surface area contributed by atoms with E-state index in [2.05, 4.69) is 33.2 Å². The fraction of sp³-hybridized carbons (Fsp3) is 0.312. The first-order valence-electron chi connectivity index (χ1n) is 7.86. The molecule has 9 nitrogen and oxygen atoms in total. The van der Waals surface area contributed by atoms with Crippen LogP contribution in [0.3, 0.4) is 0 Å². The zero-order valence-corrected chi connectivity index (χ0v) is 13.5. The minimum Gasteiger partial charge on any atom is -0.480 e. The molecule has 1 atom stereocenters. The minimum absolute atomic E-state index is 0.0559. The number of aromatic nitrogens is 5. The van der Waals surface area contributed by atoms with Crippen LogP contribution in [-0.4, -0.2) is 30.8 Å². The third-order valence-electron chi connectivity index (χ3n) is 3.93. The summed E-state index contributed by atoms with van der Waals surface area (Å²) in [5.74, 6) is 1.23. The van der Waals surface area contributed by atoms with Gasteiger partial charge in [-0.05, 0) is 31.4 Å². The molecule has 25 heavy (non-hydrogen) atoms. The van der Waals surface area contributed by atoms with Crippen LogP contribution in [0.1, 0.15) is 29.5 Å². The quantitative estimate of drug-likeness (QED) is 0.757. The summed E-state index contributed by atoms with van der Waals surface area (Å²) in [4.78, 5) is 19.3. The first-order chi connectivity index (χ1) is 12.1. The first kappa shape index (κ1) is 15.3. The van der Waals surface area contributed by atoms with E-state index in [9.17, 15) is 4.79 Å². The predicted octanol–water partition coefficient (Wildman–Crippen LogP) is 1.19. The van der Waals surface area contributed by atoms with Crippen LogP contribution < -0.4 is 10.5 Å². The largest absolute Gasteiger partial charge is 0.480 e. The molecule has 4 rings (SSSR count). The smallest absolute Gasteiger partial charge is 0.268 e. The molecule has 0 bridgehead atoms. The highest BCUT2D eigenvalue weighted by molar-refractivity contribution is 5.73. The number of rotatable bonds is 4. The van der Waals surface area contributed by atoms with Crippen molar-refractivity contribution in [2.24, 2.45) is 5.73 Å². The summed E-state index contributed by atoms with van der Waals surface area (Å²) in [6.45, 7) is 2.00. The van der Waals surface area contributed by atoms with E-state index in [-0.39, 0.29) is 24.3 Å². The van der Waals surface area contributed by atoms with Crippen molar-refractivity contribution in [2.75, 3.05) is 0 Å². The average Bonchev–Trinajstić information content (AvgIpc) is 3.23. The minimum atomic E-state index is -0.505. The topological polar surface area (TPSA) is 122 Å². The van der Waals surface area contributed by atoms with Crippen molar-refractivity contribution in [1.29, 1.82) is 0 Å². The summed E-state index contributed by atoms with van der Waals surface area (Å²) in [5.41, 5.74) is 7.52. The molecule has 0 radical (unpaired) electrons. The Bertz CT molecular complexity index is 932. The second-order valence-corrected chi connectivity index (χ2v) is 5.94. The lowest BCUT2D eigenvalue weighted by Gasteiger charge is -2.23. The van der Waals surface area contributed by atoms with Crippen molar-refractivity contribution < 1.29 is 14.1 Å². The van der Waals surface area contributed by atoms with E-state index in [1.54, 1.807) is 0 Å². The fourth-order valence-electron chi connectivity index (χ4n) is 2.78. The van der Waals surface area contributed by atoms with Crippen molar-refractivity contribution in [3.8, 4) is 17.4 Å². The Morgan fingerprint density at radius 2 is 2.28 bits per heavy atom. The van der Waals surface area contributed by atoms with Crippen molar-refractivity contribution in [2.45, 2.75) is 32.4 Å². The summed E-state index contributed by atoms with van der Waals surface area (Å²) in [5, 5.41) is 8.01. The SMILES string of the molecule is Cc1ccc2c(c1)CCC(c1nc(-c3ncn(CC(N)=O)n3)no1)O2. The van der Waals surface area contributed by atoms with E-state index < -0.39 is 5.91 Å². The standard InChI is InChI=1S/C16H16N6O3/c1-9-2-4-11-10(6-9)3-5-12(24-11)16-19-15(21-25-16)14-18-8-22(20-14)7-13(17)23/h2,4,6,8,12H,3,5,7H2,1H3,(H2,17,23). The number of aryl methyl sites for hydroxylation is 2. The average molecular weight is 340 g/mol. The second kappa shape index (κ2) is 6.00. The molecule has 0 fully saturated rings. The molecule has 0 saturated heterocycles. The Balaban J connectivity index is 1.53. The van der Waals surface area contributed by atoms with E-state index in [1.807, 2.05) is 12.1 Å². The van der Waals surface area contributed by atoms with Gasteiger partial charge in [0.2, 0.25) is 17.6 Å². The van der Waals surface area contributed by atoms with Crippen LogP contribution >= 0.6 is 0 Å². The molecule has 2 N–H and O–H groups in total. The molecule has 1 unspecified atom stereocenters. The molecule has 0 aliphatic carbocycles. The lowest BCUT2D eigenvalue weighted by Crippen LogP contribution is -2.18. The van der Waals surface area contributed by atoms with Gasteiger partial charge in [0.1, 0.15) is 18.6 Å². The number of hydrogen-bond donors (Lipinski definition) is 1. The molecular formula is C16H16N6O3. The highest BCUT2D eigenvalue weighted by Crippen LogP contribution is 2.35. The zero-order chi connectivity index (χ0) is 17.4. The van der Waals surface area contributed by atoms with Gasteiger partial charge in [-0.25, -0.2) is 9.67 Å². The van der Waals surface area contributed by atoms with E-state index in [1.165, 1.54) is 22.1 Å². The van der Waals surface area contributed by atoms with Gasteiger partial charge in [-0.3, -0.25) is 4.79 Å². The number of primary amides is 1. The number of carbonyl (C=O) groups excluding carboxylic acids is 1. The predicted molar refractivity (Wildman–Crippen MR) is 85.4 cm³/mol. The number of amides is 1. The second-order valence-electron chi connectivity index (χ2n) is 5.94. The molecule has 2 aromatic heterocycles. The van der Waals surface area contributed by atoms with Crippen LogP contribution in [0.25, 0.3) is 11.6 Å². The molecule has 9 heteroatoms. The van der Waals surface area contributed by atoms with E-state index in [4.69, 9.17) is 15.0 Å². The van der Waals surface area contributed by atoms with Gasteiger partial charge in [-0.15, -0.1) is 5.10 Å². The van der Waals surface area contributed by atoms with Gasteiger partial charge in [0.25, 0.3) is 5.89 Å². The van der Waals surface area contributed by atoms with E-state index in [0.717, 1.165) is 18.6 Å². The van der Waals surface area contributed by atoms with Gasteiger partial charge in [-0.1, -0.05) is 22.9 Å². The van der Waals surface area contributed by atoms with Gasteiger partial charge >= 0.3 is 0 Å². The number of carbonyl (C=O) groups is 1. The lowest BCUT2D eigenvalue weighted by molar-refractivity contribution is -0.118. The Kier molecular flexibility index (Phi) is 3.68. The Morgan fingerprint density at radius 1 is 1.40 bits per heavy atom. The molecule has 1 aliphatic rings. The number of nitrogens with two attached hydrogens (primary N) is 1. The Hall–Kier alpha value is -3.23. The van der Waals surface area contributed by atoms with Gasteiger partial charge in [0, 0.05) is 0 Å². The third kappa shape index (κ3) is 3.08. The van der Waals surface area contributed by atoms with Gasteiger partial charge in [0.05, 0.1) is 0 Å². The van der Waals surface area contributed by atoms with Crippen LogP contribution in [0, 0.1) is 6.92 Å². The van der Waals surface area contributed by atoms with Crippen LogP contribution in [0.4, 0.5) is 0 Å². The molecular weight excluding hydrogens is 324 g/mol. The van der Waals surface area contributed by atoms with Gasteiger partial charge in [-0.2, -0.15) is 4.98 Å². The maximum absolute atomic E-state index is 10.9. The van der Waals surface area contributed by atoms with Crippen molar-refractivity contribution in [3.63, 3.8) is 0 Å². The van der Waals surface area contributed by atoms with Gasteiger partial charge < -0.3 is 15.0 Å². The molecule has 1 aromatic carbocycles. The van der Waals surface area contributed by atoms with Gasteiger partial charge in [0.15, 0.2) is 6.10 Å². The van der Waals surface area contributed by atoms with Crippen molar-refractivity contribution in [3.05, 3.63) is 41.5 Å². The maximum atomic E-state index is 10.9. The zero-order valence-electron chi connectivity index (χ0n) is 13.5. The number of hydrogen-bond acceptors (Lipinski definition) is 7. The molecule has 128 valence electrons. The summed E-state index contributed by atoms with van der Waals surface area (Å²) in [7, 11) is 0. The summed E-state index contributed by atoms with van der Waals surface area (Å²) < 4.78 is 12.6. The molecule has 3 aromatic rings. The maximum Gasteiger partial charge on any atom is 0.268 e. The summed E-state index contributed by atoms with van der Waals surface area (Å²) >= 11 is 0. The lowest BCUT2D eigenvalue weighted by atomic mass is 10.0. The molecule has 3 heterocycles. The van der Waals surface area contributed by atoms with Crippen molar-refractivity contribution in [1.82, 2.24) is 24.9 Å². The fourth-order valence-corrected chi connectivity index (χ4v) is 2.78. The number of fused-ring (bicyclic) bond motifs is 1. The Labute approximate surface area is 142 Å². The summed E-state index contributed by atoms with van der Waals surface area (Å²) in [6, 6.07) is 6.09. The summed E-state index contributed by atoms with van der Waals surface area (Å²) in [6.07, 6.45) is 2.72. The highest BCUT2D eigenvalue weighted by Gasteiger charge is 2.27. The Morgan fingerprint density at radius 3 is 3.12 bits per heavy atom. The molecule has 1 amide bonds. The van der Waals surface area contributed by atoms with Crippen LogP contribution in [0.5, 0.6) is 5.75 Å². The highest BCUT2D eigenvalue weighted by atomic mass is 16.5. The number of nitrogens with zero attached hydrogens (tertiary/aromatic N) is 5. The molecule has 0 saturated carbocycles. The van der Waals surface area contributed by atoms with E-state index in [0.29, 0.717) is 5.89 Å². The van der Waals surface area contributed by atoms with Crippen LogP contribution in [0.2, 0.25) is 0 Å². The van der Waals surface area contributed by atoms with Crippen LogP contribution in [0.15, 0.2) is 29.0 Å². The normalized spacial score (nSPS) is 16.3. The van der Waals surface area contributed by atoms with E-state index >= 15 is 0 Å². The molecule has 1 aliphatic heterocycles. The number of benzene rings is 1. The number of ether oxygens (including phenoxy) is 1. The third-order valence-corrected chi connectivity index (χ3v) is 3.93. The van der Waals surface area contributed by atoms with Crippen molar-refractivity contribution >= 4 is 5.91 Å². The van der Waals surface area contributed by atoms with Crippen LogP contribution in [-0.2, 0) is 17.8 Å². The monoisotopic (exact) mass is 340 g/mol. The molecule has 0 spiro atoms.